The summed E-state index contributed by atoms with van der Waals surface area (Å²) in [6, 6.07) is 14.2. The van der Waals surface area contributed by atoms with E-state index in [0.717, 1.165) is 51.2 Å². The molecule has 0 aliphatic heterocycles. The lowest BCUT2D eigenvalue weighted by Gasteiger charge is -2.37. The fraction of sp³-hybridized carbons (Fsp3) is 0.310. The van der Waals surface area contributed by atoms with Gasteiger partial charge < -0.3 is 10.0 Å². The summed E-state index contributed by atoms with van der Waals surface area (Å²) in [5.41, 5.74) is 3.85. The Morgan fingerprint density at radius 2 is 2.08 bits per heavy atom. The molecule has 0 bridgehead atoms. The van der Waals surface area contributed by atoms with E-state index in [9.17, 15) is 14.3 Å². The van der Waals surface area contributed by atoms with E-state index in [1.165, 1.54) is 17.7 Å². The van der Waals surface area contributed by atoms with Crippen LogP contribution in [0.2, 0.25) is 5.02 Å². The number of fused-ring (bicyclic) bond motifs is 3. The zero-order valence-corrected chi connectivity index (χ0v) is 22.0. The van der Waals surface area contributed by atoms with Gasteiger partial charge >= 0.3 is 0 Å². The quantitative estimate of drug-likeness (QED) is 0.317. The molecule has 1 N–H and O–H groups in total. The van der Waals surface area contributed by atoms with Crippen molar-refractivity contribution in [3.05, 3.63) is 87.3 Å². The lowest BCUT2D eigenvalue weighted by atomic mass is 9.69. The first-order valence-corrected chi connectivity index (χ1v) is 13.7. The Bertz CT molecular complexity index is 1530. The van der Waals surface area contributed by atoms with E-state index in [1.54, 1.807) is 23.5 Å². The van der Waals surface area contributed by atoms with Crippen molar-refractivity contribution in [2.24, 2.45) is 11.3 Å². The highest BCUT2D eigenvalue weighted by atomic mass is 35.5. The summed E-state index contributed by atoms with van der Waals surface area (Å²) in [6.07, 6.45) is 6.38. The van der Waals surface area contributed by atoms with Crippen molar-refractivity contribution in [3.63, 3.8) is 0 Å². The summed E-state index contributed by atoms with van der Waals surface area (Å²) in [5.74, 6) is -0.360. The minimum absolute atomic E-state index is 0.0802. The predicted octanol–water partition coefficient (Wildman–Crippen LogP) is 6.26. The topological polar surface area (TPSA) is 58.4 Å². The number of carbonyl (C=O) groups is 1. The number of nitrogens with zero attached hydrogens (tertiary/aromatic N) is 3. The van der Waals surface area contributed by atoms with Crippen LogP contribution in [-0.4, -0.2) is 38.8 Å². The number of allylic oxidation sites excluding steroid dienone is 1. The maximum Gasteiger partial charge on any atom is 0.226 e. The van der Waals surface area contributed by atoms with E-state index >= 15 is 0 Å². The molecule has 0 spiro atoms. The smallest absolute Gasteiger partial charge is 0.226 e. The maximum atomic E-state index is 14.0. The Morgan fingerprint density at radius 3 is 2.86 bits per heavy atom. The number of rotatable bonds is 6. The van der Waals surface area contributed by atoms with Crippen LogP contribution in [0.5, 0.6) is 0 Å². The second-order valence-corrected chi connectivity index (χ2v) is 11.8. The lowest BCUT2D eigenvalue weighted by molar-refractivity contribution is -0.139. The average molecular weight is 536 g/mol. The van der Waals surface area contributed by atoms with Crippen molar-refractivity contribution in [1.29, 1.82) is 0 Å². The van der Waals surface area contributed by atoms with Crippen molar-refractivity contribution >= 4 is 45.0 Å². The van der Waals surface area contributed by atoms with Gasteiger partial charge in [0.25, 0.3) is 0 Å². The minimum Gasteiger partial charge on any atom is -0.395 e. The molecular weight excluding hydrogens is 509 g/mol. The zero-order valence-electron chi connectivity index (χ0n) is 20.5. The number of hydrogen-bond donors (Lipinski definition) is 1. The third-order valence-electron chi connectivity index (χ3n) is 7.89. The second kappa shape index (κ2) is 9.39. The van der Waals surface area contributed by atoms with Crippen LogP contribution in [0, 0.1) is 17.2 Å². The Morgan fingerprint density at radius 1 is 1.27 bits per heavy atom. The van der Waals surface area contributed by atoms with Crippen molar-refractivity contribution < 1.29 is 14.3 Å². The number of benzene rings is 2. The van der Waals surface area contributed by atoms with Crippen LogP contribution < -0.4 is 0 Å². The molecule has 0 radical (unpaired) electrons. The summed E-state index contributed by atoms with van der Waals surface area (Å²) >= 11 is 7.81. The molecule has 2 atom stereocenters. The van der Waals surface area contributed by atoms with Gasteiger partial charge in [-0.2, -0.15) is 5.10 Å². The molecule has 5 nitrogen and oxygen atoms in total. The molecule has 2 aliphatic rings. The molecule has 4 aromatic rings. The first kappa shape index (κ1) is 24.3. The molecular formula is C29H27ClFN3O2S. The van der Waals surface area contributed by atoms with Crippen LogP contribution in [0.15, 0.2) is 60.3 Å². The van der Waals surface area contributed by atoms with Gasteiger partial charge in [-0.15, -0.1) is 11.3 Å². The number of carbonyl (C=O) groups excluding carboxylic acids is 1. The van der Waals surface area contributed by atoms with E-state index in [2.05, 4.69) is 24.2 Å². The summed E-state index contributed by atoms with van der Waals surface area (Å²) in [7, 11) is 0. The second-order valence-electron chi connectivity index (χ2n) is 10.2. The minimum atomic E-state index is -0.303. The van der Waals surface area contributed by atoms with E-state index in [4.69, 9.17) is 11.6 Å². The standard InChI is InChI=1S/C29H27ClFN3O2S/c1-29-15-19-16-32-34(23-6-4-22(31)5-7-23)26(19)14-20(29)2-8-25(29)28(36)33(10-11-35)17-24-13-18-12-21(30)3-9-27(18)37-24/h3-7,9,12-14,16,25,35H,2,8,10-11,15,17H2,1H3/t25-,29+/m1/s1. The number of aliphatic hydroxyl groups excluding tert-OH is 1. The number of hydrogen-bond acceptors (Lipinski definition) is 4. The Kier molecular flexibility index (Phi) is 6.18. The summed E-state index contributed by atoms with van der Waals surface area (Å²) < 4.78 is 16.4. The fourth-order valence-electron chi connectivity index (χ4n) is 5.97. The van der Waals surface area contributed by atoms with E-state index in [1.807, 2.05) is 34.0 Å². The van der Waals surface area contributed by atoms with Gasteiger partial charge in [-0.25, -0.2) is 9.07 Å². The number of aromatic nitrogens is 2. The average Bonchev–Trinajstić information content (AvgIpc) is 3.56. The molecule has 2 aromatic heterocycles. The number of thiophene rings is 1. The molecule has 0 saturated heterocycles. The Hall–Kier alpha value is -3.00. The Balaban J connectivity index is 1.27. The summed E-state index contributed by atoms with van der Waals surface area (Å²) in [4.78, 5) is 16.8. The van der Waals surface area contributed by atoms with Crippen molar-refractivity contribution in [3.8, 4) is 5.69 Å². The van der Waals surface area contributed by atoms with Crippen LogP contribution in [-0.2, 0) is 17.8 Å². The molecule has 0 unspecified atom stereocenters. The molecule has 37 heavy (non-hydrogen) atoms. The fourth-order valence-corrected chi connectivity index (χ4v) is 7.21. The SMILES string of the molecule is C[C@]12Cc3cnn(-c4ccc(F)cc4)c3C=C1CC[C@@H]2C(=O)N(CCO)Cc1cc2cc(Cl)ccc2s1. The summed E-state index contributed by atoms with van der Waals surface area (Å²) in [6.45, 7) is 2.87. The molecule has 1 fully saturated rings. The highest BCUT2D eigenvalue weighted by Crippen LogP contribution is 2.53. The van der Waals surface area contributed by atoms with Crippen LogP contribution in [0.4, 0.5) is 4.39 Å². The number of amides is 1. The molecule has 8 heteroatoms. The molecule has 1 amide bonds. The molecule has 6 rings (SSSR count). The van der Waals surface area contributed by atoms with Gasteiger partial charge in [0.1, 0.15) is 5.82 Å². The Labute approximate surface area is 223 Å². The van der Waals surface area contributed by atoms with Crippen LogP contribution in [0.1, 0.15) is 35.9 Å². The largest absolute Gasteiger partial charge is 0.395 e. The molecule has 190 valence electrons. The van der Waals surface area contributed by atoms with Crippen molar-refractivity contribution in [2.75, 3.05) is 13.2 Å². The van der Waals surface area contributed by atoms with Gasteiger partial charge in [-0.3, -0.25) is 4.79 Å². The van der Waals surface area contributed by atoms with Crippen molar-refractivity contribution in [2.45, 2.75) is 32.7 Å². The third kappa shape index (κ3) is 4.29. The normalized spacial score (nSPS) is 20.5. The zero-order chi connectivity index (χ0) is 25.7. The predicted molar refractivity (Wildman–Crippen MR) is 145 cm³/mol. The first-order valence-electron chi connectivity index (χ1n) is 12.5. The van der Waals surface area contributed by atoms with Gasteiger partial charge in [0.05, 0.1) is 30.7 Å². The van der Waals surface area contributed by atoms with E-state index in [0.29, 0.717) is 18.1 Å². The monoisotopic (exact) mass is 535 g/mol. The first-order chi connectivity index (χ1) is 17.9. The third-order valence-corrected chi connectivity index (χ3v) is 9.22. The van der Waals surface area contributed by atoms with Gasteiger partial charge in [0, 0.05) is 32.5 Å². The number of aliphatic hydroxyl groups is 1. The summed E-state index contributed by atoms with van der Waals surface area (Å²) in [5, 5.41) is 16.1. The van der Waals surface area contributed by atoms with Gasteiger partial charge in [0.15, 0.2) is 0 Å². The van der Waals surface area contributed by atoms with Crippen LogP contribution >= 0.6 is 22.9 Å². The molecule has 2 aromatic carbocycles. The maximum absolute atomic E-state index is 14.0. The lowest BCUT2D eigenvalue weighted by Crippen LogP contribution is -2.43. The van der Waals surface area contributed by atoms with Crippen molar-refractivity contribution in [1.82, 2.24) is 14.7 Å². The van der Waals surface area contributed by atoms with Gasteiger partial charge in [-0.1, -0.05) is 24.1 Å². The molecule has 1 saturated carbocycles. The van der Waals surface area contributed by atoms with Crippen LogP contribution in [0.3, 0.4) is 0 Å². The van der Waals surface area contributed by atoms with E-state index in [-0.39, 0.29) is 29.7 Å². The van der Waals surface area contributed by atoms with Crippen LogP contribution in [0.25, 0.3) is 21.8 Å². The molecule has 2 heterocycles. The van der Waals surface area contributed by atoms with Gasteiger partial charge in [0.2, 0.25) is 5.91 Å². The molecule has 2 aliphatic carbocycles. The number of halogens is 2. The van der Waals surface area contributed by atoms with E-state index < -0.39 is 0 Å². The highest BCUT2D eigenvalue weighted by Gasteiger charge is 2.49. The van der Waals surface area contributed by atoms with Gasteiger partial charge in [-0.05, 0) is 84.8 Å². The highest BCUT2D eigenvalue weighted by molar-refractivity contribution is 7.19.